The molecule has 0 fully saturated rings. The molecule has 2 amide bonds. The molecular weight excluding hydrogens is 469 g/mol. The Morgan fingerprint density at radius 1 is 1.23 bits per heavy atom. The van der Waals surface area contributed by atoms with E-state index >= 15 is 0 Å². The summed E-state index contributed by atoms with van der Waals surface area (Å²) < 4.78 is 6.45. The molecule has 132 valence electrons. The lowest BCUT2D eigenvalue weighted by Crippen LogP contribution is -2.20. The number of ether oxygens (including phenoxy) is 1. The Kier molecular flexibility index (Phi) is 5.58. The van der Waals surface area contributed by atoms with Crippen LogP contribution < -0.4 is 15.8 Å². The number of benzene rings is 2. The number of halogens is 2. The van der Waals surface area contributed by atoms with Crippen molar-refractivity contribution >= 4 is 62.6 Å². The molecular formula is C18H13ClIN3O3. The van der Waals surface area contributed by atoms with Gasteiger partial charge in [-0.05, 0) is 65.1 Å². The molecule has 0 aliphatic carbocycles. The van der Waals surface area contributed by atoms with Gasteiger partial charge in [-0.1, -0.05) is 11.6 Å². The second-order valence-electron chi connectivity index (χ2n) is 5.35. The maximum absolute atomic E-state index is 12.1. The normalized spacial score (nSPS) is 10.5. The largest absolute Gasteiger partial charge is 0.480 e. The molecule has 0 saturated carbocycles. The number of hydrogen-bond acceptors (Lipinski definition) is 4. The summed E-state index contributed by atoms with van der Waals surface area (Å²) in [7, 11) is 0. The smallest absolute Gasteiger partial charge is 0.262 e. The number of rotatable bonds is 5. The van der Waals surface area contributed by atoms with Crippen molar-refractivity contribution < 1.29 is 14.3 Å². The van der Waals surface area contributed by atoms with Gasteiger partial charge in [-0.2, -0.15) is 0 Å². The highest BCUT2D eigenvalue weighted by Crippen LogP contribution is 2.34. The Hall–Kier alpha value is -2.39. The summed E-state index contributed by atoms with van der Waals surface area (Å²) in [5, 5.41) is 4.02. The van der Waals surface area contributed by atoms with Crippen LogP contribution in [-0.4, -0.2) is 23.4 Å². The predicted molar refractivity (Wildman–Crippen MR) is 109 cm³/mol. The highest BCUT2D eigenvalue weighted by molar-refractivity contribution is 14.1. The molecule has 3 rings (SSSR count). The van der Waals surface area contributed by atoms with Crippen molar-refractivity contribution in [3.63, 3.8) is 0 Å². The van der Waals surface area contributed by atoms with E-state index in [2.05, 4.69) is 32.9 Å². The van der Waals surface area contributed by atoms with Crippen LogP contribution in [-0.2, 0) is 4.79 Å². The van der Waals surface area contributed by atoms with Crippen molar-refractivity contribution in [2.24, 2.45) is 5.73 Å². The van der Waals surface area contributed by atoms with Crippen LogP contribution in [0, 0.1) is 3.57 Å². The number of anilines is 1. The summed E-state index contributed by atoms with van der Waals surface area (Å²) in [6.45, 7) is -0.194. The zero-order valence-corrected chi connectivity index (χ0v) is 16.2. The zero-order chi connectivity index (χ0) is 18.7. The molecule has 0 aliphatic heterocycles. The highest BCUT2D eigenvalue weighted by atomic mass is 127. The number of carbonyl (C=O) groups excluding carboxylic acids is 2. The SMILES string of the molecule is NC(=O)c1ccc(NC(=O)COc2c(I)cc(Cl)c3cccnc23)cc1. The maximum Gasteiger partial charge on any atom is 0.262 e. The lowest BCUT2D eigenvalue weighted by Gasteiger charge is -2.12. The van der Waals surface area contributed by atoms with Gasteiger partial charge < -0.3 is 15.8 Å². The fraction of sp³-hybridized carbons (Fsp3) is 0.0556. The number of fused-ring (bicyclic) bond motifs is 1. The van der Waals surface area contributed by atoms with Crippen LogP contribution in [0.5, 0.6) is 5.75 Å². The first kappa shape index (κ1) is 18.4. The minimum atomic E-state index is -0.525. The van der Waals surface area contributed by atoms with Gasteiger partial charge in [0.05, 0.1) is 8.59 Å². The molecule has 0 atom stereocenters. The summed E-state index contributed by atoms with van der Waals surface area (Å²) in [5.41, 5.74) is 6.69. The third kappa shape index (κ3) is 4.05. The number of aromatic nitrogens is 1. The van der Waals surface area contributed by atoms with Crippen LogP contribution in [0.3, 0.4) is 0 Å². The van der Waals surface area contributed by atoms with E-state index in [-0.39, 0.29) is 12.5 Å². The van der Waals surface area contributed by atoms with Gasteiger partial charge in [0, 0.05) is 22.8 Å². The van der Waals surface area contributed by atoms with Crippen LogP contribution in [0.4, 0.5) is 5.69 Å². The highest BCUT2D eigenvalue weighted by Gasteiger charge is 2.14. The summed E-state index contributed by atoms with van der Waals surface area (Å²) >= 11 is 8.32. The molecule has 1 aromatic heterocycles. The lowest BCUT2D eigenvalue weighted by molar-refractivity contribution is -0.118. The summed E-state index contributed by atoms with van der Waals surface area (Å²) in [6.07, 6.45) is 1.64. The molecule has 0 bridgehead atoms. The zero-order valence-electron chi connectivity index (χ0n) is 13.3. The van der Waals surface area contributed by atoms with Gasteiger partial charge in [-0.3, -0.25) is 14.6 Å². The molecule has 0 spiro atoms. The Morgan fingerprint density at radius 2 is 1.96 bits per heavy atom. The van der Waals surface area contributed by atoms with Crippen LogP contribution in [0.15, 0.2) is 48.7 Å². The number of primary amides is 1. The van der Waals surface area contributed by atoms with E-state index in [1.54, 1.807) is 42.6 Å². The van der Waals surface area contributed by atoms with Gasteiger partial charge in [-0.15, -0.1) is 0 Å². The Morgan fingerprint density at radius 3 is 2.65 bits per heavy atom. The van der Waals surface area contributed by atoms with E-state index in [1.165, 1.54) is 0 Å². The lowest BCUT2D eigenvalue weighted by atomic mass is 10.2. The molecule has 3 N–H and O–H groups in total. The van der Waals surface area contributed by atoms with Crippen LogP contribution in [0.25, 0.3) is 10.9 Å². The van der Waals surface area contributed by atoms with E-state index in [9.17, 15) is 9.59 Å². The van der Waals surface area contributed by atoms with Gasteiger partial charge in [0.2, 0.25) is 5.91 Å². The fourth-order valence-corrected chi connectivity index (χ4v) is 3.50. The summed E-state index contributed by atoms with van der Waals surface area (Å²) in [5.74, 6) is -0.362. The Balaban J connectivity index is 1.72. The molecule has 26 heavy (non-hydrogen) atoms. The topological polar surface area (TPSA) is 94.3 Å². The number of nitrogens with one attached hydrogen (secondary N) is 1. The van der Waals surface area contributed by atoms with Crippen LogP contribution >= 0.6 is 34.2 Å². The second kappa shape index (κ2) is 7.88. The molecule has 1 heterocycles. The van der Waals surface area contributed by atoms with E-state index in [4.69, 9.17) is 22.1 Å². The van der Waals surface area contributed by atoms with E-state index in [0.717, 1.165) is 8.96 Å². The number of pyridine rings is 1. The van der Waals surface area contributed by atoms with Gasteiger partial charge in [0.1, 0.15) is 5.52 Å². The first-order valence-electron chi connectivity index (χ1n) is 7.51. The maximum atomic E-state index is 12.1. The summed E-state index contributed by atoms with van der Waals surface area (Å²) in [6, 6.07) is 11.7. The Bertz CT molecular complexity index is 993. The van der Waals surface area contributed by atoms with E-state index in [0.29, 0.717) is 27.5 Å². The van der Waals surface area contributed by atoms with Crippen molar-refractivity contribution in [2.45, 2.75) is 0 Å². The minimum absolute atomic E-state index is 0.194. The molecule has 0 radical (unpaired) electrons. The Labute approximate surface area is 167 Å². The molecule has 3 aromatic rings. The molecule has 0 saturated heterocycles. The fourth-order valence-electron chi connectivity index (χ4n) is 2.34. The molecule has 8 heteroatoms. The van der Waals surface area contributed by atoms with Crippen molar-refractivity contribution in [1.82, 2.24) is 4.98 Å². The molecule has 0 unspecified atom stereocenters. The minimum Gasteiger partial charge on any atom is -0.480 e. The van der Waals surface area contributed by atoms with E-state index < -0.39 is 5.91 Å². The predicted octanol–water partition coefficient (Wildman–Crippen LogP) is 3.61. The van der Waals surface area contributed by atoms with Gasteiger partial charge in [0.25, 0.3) is 5.91 Å². The van der Waals surface area contributed by atoms with Crippen LogP contribution in [0.1, 0.15) is 10.4 Å². The van der Waals surface area contributed by atoms with Crippen molar-refractivity contribution in [1.29, 1.82) is 0 Å². The number of nitrogens with zero attached hydrogens (tertiary/aromatic N) is 1. The molecule has 2 aromatic carbocycles. The van der Waals surface area contributed by atoms with Crippen molar-refractivity contribution in [3.8, 4) is 5.75 Å². The third-order valence-corrected chi connectivity index (χ3v) is 4.67. The third-order valence-electron chi connectivity index (χ3n) is 3.55. The van der Waals surface area contributed by atoms with Crippen LogP contribution in [0.2, 0.25) is 5.02 Å². The van der Waals surface area contributed by atoms with E-state index in [1.807, 2.05) is 6.07 Å². The monoisotopic (exact) mass is 481 g/mol. The average Bonchev–Trinajstić information content (AvgIpc) is 2.62. The van der Waals surface area contributed by atoms with Crippen molar-refractivity contribution in [2.75, 3.05) is 11.9 Å². The number of amides is 2. The molecule has 6 nitrogen and oxygen atoms in total. The van der Waals surface area contributed by atoms with Gasteiger partial charge >= 0.3 is 0 Å². The standard InChI is InChI=1S/C18H13ClIN3O3/c19-13-8-14(20)17(16-12(13)2-1-7-22-16)26-9-15(24)23-11-5-3-10(4-6-11)18(21)25/h1-8H,9H2,(H2,21,25)(H,23,24). The quantitative estimate of drug-likeness (QED) is 0.545. The van der Waals surface area contributed by atoms with Crippen molar-refractivity contribution in [3.05, 3.63) is 62.8 Å². The second-order valence-corrected chi connectivity index (χ2v) is 6.92. The van der Waals surface area contributed by atoms with Gasteiger partial charge in [0.15, 0.2) is 12.4 Å². The first-order valence-corrected chi connectivity index (χ1v) is 8.96. The first-order chi connectivity index (χ1) is 12.5. The van der Waals surface area contributed by atoms with Gasteiger partial charge in [-0.25, -0.2) is 0 Å². The summed E-state index contributed by atoms with van der Waals surface area (Å²) in [4.78, 5) is 27.5. The average molecular weight is 482 g/mol. The number of carbonyl (C=O) groups is 2. The number of nitrogens with two attached hydrogens (primary N) is 1. The molecule has 0 aliphatic rings. The number of hydrogen-bond donors (Lipinski definition) is 2.